The largest absolute Gasteiger partial charge is 0.348 e. The quantitative estimate of drug-likeness (QED) is 0.843. The molecule has 0 fully saturated rings. The van der Waals surface area contributed by atoms with E-state index < -0.39 is 0 Å². The molecule has 0 aliphatic heterocycles. The molecule has 2 aromatic heterocycles. The van der Waals surface area contributed by atoms with E-state index in [0.717, 1.165) is 17.1 Å². The Morgan fingerprint density at radius 3 is 2.68 bits per heavy atom. The van der Waals surface area contributed by atoms with Gasteiger partial charge < -0.3 is 4.90 Å². The Kier molecular flexibility index (Phi) is 3.64. The molecule has 1 amide bonds. The molecule has 0 spiro atoms. The van der Waals surface area contributed by atoms with E-state index in [4.69, 9.17) is 0 Å². The van der Waals surface area contributed by atoms with Crippen molar-refractivity contribution in [2.45, 2.75) is 19.8 Å². The first-order valence-electron chi connectivity index (χ1n) is 6.19. The minimum Gasteiger partial charge on any atom is -0.348 e. The minimum absolute atomic E-state index is 0.0625. The zero-order chi connectivity index (χ0) is 14.0. The first-order valence-corrected chi connectivity index (χ1v) is 6.19. The molecule has 0 radical (unpaired) electrons. The van der Waals surface area contributed by atoms with Gasteiger partial charge in [-0.25, -0.2) is 4.68 Å². The van der Waals surface area contributed by atoms with Crippen molar-refractivity contribution < 1.29 is 4.79 Å². The number of aryl methyl sites for hydroxylation is 1. The Balaban J connectivity index is 2.40. The Morgan fingerprint density at radius 2 is 2.05 bits per heavy atom. The fraction of sp³-hybridized carbons (Fsp3) is 0.357. The van der Waals surface area contributed by atoms with Crippen molar-refractivity contribution in [2.24, 2.45) is 0 Å². The van der Waals surface area contributed by atoms with Gasteiger partial charge in [0.25, 0.3) is 0 Å². The summed E-state index contributed by atoms with van der Waals surface area (Å²) < 4.78 is 1.79. The van der Waals surface area contributed by atoms with Crippen LogP contribution in [0.5, 0.6) is 0 Å². The first-order chi connectivity index (χ1) is 9.00. The molecule has 0 aliphatic rings. The lowest BCUT2D eigenvalue weighted by atomic mass is 10.1. The average molecular weight is 258 g/mol. The van der Waals surface area contributed by atoms with Gasteiger partial charge in [0.2, 0.25) is 5.91 Å². The zero-order valence-electron chi connectivity index (χ0n) is 11.7. The summed E-state index contributed by atoms with van der Waals surface area (Å²) in [5, 5.41) is 4.31. The highest BCUT2D eigenvalue weighted by Crippen LogP contribution is 2.20. The number of carbonyl (C=O) groups is 1. The maximum Gasteiger partial charge on any atom is 0.230 e. The summed E-state index contributed by atoms with van der Waals surface area (Å²) in [6.07, 6.45) is 3.46. The highest BCUT2D eigenvalue weighted by atomic mass is 16.2. The minimum atomic E-state index is -0.231. The van der Waals surface area contributed by atoms with Crippen molar-refractivity contribution >= 4 is 5.91 Å². The smallest absolute Gasteiger partial charge is 0.230 e. The molecule has 2 heterocycles. The number of likely N-dealkylation sites (N-methyl/N-ethyl adjacent to an activating group) is 1. The lowest BCUT2D eigenvalue weighted by molar-refractivity contribution is -0.130. The van der Waals surface area contributed by atoms with Crippen LogP contribution in [-0.4, -0.2) is 39.7 Å². The van der Waals surface area contributed by atoms with Crippen LogP contribution < -0.4 is 0 Å². The van der Waals surface area contributed by atoms with Crippen LogP contribution in [0.2, 0.25) is 0 Å². The summed E-state index contributed by atoms with van der Waals surface area (Å²) in [5.41, 5.74) is 2.72. The van der Waals surface area contributed by atoms with Crippen LogP contribution >= 0.6 is 0 Å². The lowest BCUT2D eigenvalue weighted by Crippen LogP contribution is -2.27. The van der Waals surface area contributed by atoms with Crippen LogP contribution in [0, 0.1) is 6.92 Å². The van der Waals surface area contributed by atoms with Gasteiger partial charge in [0.05, 0.1) is 17.3 Å². The van der Waals surface area contributed by atoms with Crippen LogP contribution in [0.25, 0.3) is 5.69 Å². The standard InChI is InChI=1S/C14H18N4O/c1-10-9-12(5-7-15-10)18-13(6-8-16-18)11(2)14(19)17(3)4/h5-9,11H,1-4H3. The third-order valence-corrected chi connectivity index (χ3v) is 3.05. The molecule has 0 saturated carbocycles. The van der Waals surface area contributed by atoms with Crippen LogP contribution in [0.4, 0.5) is 0 Å². The summed E-state index contributed by atoms with van der Waals surface area (Å²) in [6, 6.07) is 5.71. The number of hydrogen-bond acceptors (Lipinski definition) is 3. The van der Waals surface area contributed by atoms with Gasteiger partial charge in [-0.3, -0.25) is 9.78 Å². The van der Waals surface area contributed by atoms with Crippen LogP contribution in [-0.2, 0) is 4.79 Å². The highest BCUT2D eigenvalue weighted by Gasteiger charge is 2.21. The van der Waals surface area contributed by atoms with Crippen molar-refractivity contribution in [3.63, 3.8) is 0 Å². The third-order valence-electron chi connectivity index (χ3n) is 3.05. The molecule has 2 rings (SSSR count). The molecule has 1 unspecified atom stereocenters. The van der Waals surface area contributed by atoms with Crippen LogP contribution in [0.3, 0.4) is 0 Å². The van der Waals surface area contributed by atoms with E-state index in [2.05, 4.69) is 10.1 Å². The van der Waals surface area contributed by atoms with Crippen molar-refractivity contribution in [1.29, 1.82) is 0 Å². The number of aromatic nitrogens is 3. The van der Waals surface area contributed by atoms with Crippen LogP contribution in [0.15, 0.2) is 30.6 Å². The predicted molar refractivity (Wildman–Crippen MR) is 73.2 cm³/mol. The molecule has 0 saturated heterocycles. The summed E-state index contributed by atoms with van der Waals surface area (Å²) in [4.78, 5) is 17.8. The van der Waals surface area contributed by atoms with E-state index in [1.807, 2.05) is 32.0 Å². The number of pyridine rings is 1. The Hall–Kier alpha value is -2.17. The molecule has 0 aliphatic carbocycles. The zero-order valence-corrected chi connectivity index (χ0v) is 11.7. The van der Waals surface area contributed by atoms with Gasteiger partial charge in [-0.15, -0.1) is 0 Å². The molecule has 1 atom stereocenters. The fourth-order valence-electron chi connectivity index (χ4n) is 2.03. The third kappa shape index (κ3) is 2.65. The maximum absolute atomic E-state index is 12.1. The van der Waals surface area contributed by atoms with Gasteiger partial charge in [-0.05, 0) is 32.0 Å². The predicted octanol–water partition coefficient (Wildman–Crippen LogP) is 1.77. The second-order valence-corrected chi connectivity index (χ2v) is 4.78. The molecule has 0 bridgehead atoms. The molecule has 19 heavy (non-hydrogen) atoms. The Labute approximate surface area is 112 Å². The number of hydrogen-bond donors (Lipinski definition) is 0. The number of amides is 1. The van der Waals surface area contributed by atoms with Crippen molar-refractivity contribution in [1.82, 2.24) is 19.7 Å². The molecular weight excluding hydrogens is 240 g/mol. The van der Waals surface area contributed by atoms with Gasteiger partial charge in [-0.1, -0.05) is 0 Å². The summed E-state index contributed by atoms with van der Waals surface area (Å²) in [7, 11) is 3.52. The van der Waals surface area contributed by atoms with Gasteiger partial charge in [-0.2, -0.15) is 5.10 Å². The second-order valence-electron chi connectivity index (χ2n) is 4.78. The van der Waals surface area contributed by atoms with Crippen LogP contribution in [0.1, 0.15) is 24.2 Å². The summed E-state index contributed by atoms with van der Waals surface area (Å²) in [6.45, 7) is 3.82. The van der Waals surface area contributed by atoms with Crippen molar-refractivity contribution in [3.8, 4) is 5.69 Å². The monoisotopic (exact) mass is 258 g/mol. The topological polar surface area (TPSA) is 51.0 Å². The summed E-state index contributed by atoms with van der Waals surface area (Å²) >= 11 is 0. The first kappa shape index (κ1) is 13.3. The Morgan fingerprint density at radius 1 is 1.32 bits per heavy atom. The second kappa shape index (κ2) is 5.22. The van der Waals surface area contributed by atoms with Gasteiger partial charge in [0, 0.05) is 32.2 Å². The highest BCUT2D eigenvalue weighted by molar-refractivity contribution is 5.82. The van der Waals surface area contributed by atoms with Crippen molar-refractivity contribution in [2.75, 3.05) is 14.1 Å². The molecule has 0 N–H and O–H groups in total. The average Bonchev–Trinajstić information content (AvgIpc) is 2.86. The van der Waals surface area contributed by atoms with E-state index in [9.17, 15) is 4.79 Å². The number of rotatable bonds is 3. The fourth-order valence-corrected chi connectivity index (χ4v) is 2.03. The van der Waals surface area contributed by atoms with E-state index in [0.29, 0.717) is 0 Å². The molecule has 0 aromatic carbocycles. The summed E-state index contributed by atoms with van der Waals surface area (Å²) in [5.74, 6) is -0.168. The lowest BCUT2D eigenvalue weighted by Gasteiger charge is -2.18. The van der Waals surface area contributed by atoms with Crippen molar-refractivity contribution in [3.05, 3.63) is 42.0 Å². The molecule has 5 heteroatoms. The maximum atomic E-state index is 12.1. The normalized spacial score (nSPS) is 12.2. The van der Waals surface area contributed by atoms with E-state index in [1.54, 1.807) is 36.1 Å². The van der Waals surface area contributed by atoms with Gasteiger partial charge in [0.1, 0.15) is 0 Å². The molecule has 5 nitrogen and oxygen atoms in total. The SMILES string of the molecule is Cc1cc(-n2nccc2C(C)C(=O)N(C)C)ccn1. The van der Waals surface area contributed by atoms with Gasteiger partial charge in [0.15, 0.2) is 0 Å². The van der Waals surface area contributed by atoms with E-state index in [1.165, 1.54) is 0 Å². The van der Waals surface area contributed by atoms with E-state index >= 15 is 0 Å². The van der Waals surface area contributed by atoms with E-state index in [-0.39, 0.29) is 11.8 Å². The molecular formula is C14H18N4O. The molecule has 2 aromatic rings. The number of nitrogens with zero attached hydrogens (tertiary/aromatic N) is 4. The number of carbonyl (C=O) groups excluding carboxylic acids is 1. The molecule has 100 valence electrons. The Bertz CT molecular complexity index is 589. The van der Waals surface area contributed by atoms with Gasteiger partial charge >= 0.3 is 0 Å².